The highest BCUT2D eigenvalue weighted by Crippen LogP contribution is 2.52. The molecule has 0 bridgehead atoms. The van der Waals surface area contributed by atoms with E-state index in [9.17, 15) is 18.6 Å². The summed E-state index contributed by atoms with van der Waals surface area (Å²) in [6, 6.07) is 5.88. The third-order valence-electron chi connectivity index (χ3n) is 13.2. The minimum atomic E-state index is -2.96. The normalized spacial score (nSPS) is 29.9. The number of ether oxygens (including phenoxy) is 3. The monoisotopic (exact) mass is 803 g/mol. The van der Waals surface area contributed by atoms with Crippen LogP contribution in [-0.2, 0) is 14.6 Å². The SMILES string of the molecule is C#Cc1c(F)ccc2cc(O)cc(-c3nc(OC)c4c(N5CCOCC(C)(O)C5)nc(OCC56CCCC5N(C5CC7CS(=O)(=O)CC7C5)CCC6)nc4c3F)c12. The Labute approximate surface area is 330 Å². The van der Waals surface area contributed by atoms with E-state index in [0.29, 0.717) is 36.1 Å². The van der Waals surface area contributed by atoms with Crippen molar-refractivity contribution < 1.29 is 41.6 Å². The molecule has 2 aromatic carbocycles. The van der Waals surface area contributed by atoms with Gasteiger partial charge in [-0.3, -0.25) is 4.90 Å². The molecule has 9 rings (SSSR count). The van der Waals surface area contributed by atoms with E-state index in [1.807, 2.05) is 0 Å². The third kappa shape index (κ3) is 6.72. The molecule has 4 aromatic rings. The molecule has 5 aliphatic rings. The van der Waals surface area contributed by atoms with Gasteiger partial charge in [0, 0.05) is 35.0 Å². The zero-order valence-corrected chi connectivity index (χ0v) is 33.0. The first-order valence-corrected chi connectivity index (χ1v) is 21.6. The van der Waals surface area contributed by atoms with Gasteiger partial charge in [-0.15, -0.1) is 6.42 Å². The van der Waals surface area contributed by atoms with Crippen LogP contribution < -0.4 is 14.4 Å². The summed E-state index contributed by atoms with van der Waals surface area (Å²) >= 11 is 0. The van der Waals surface area contributed by atoms with Crippen molar-refractivity contribution in [2.45, 2.75) is 69.6 Å². The van der Waals surface area contributed by atoms with Gasteiger partial charge >= 0.3 is 6.01 Å². The Kier molecular flexibility index (Phi) is 9.50. The van der Waals surface area contributed by atoms with Crippen molar-refractivity contribution in [2.24, 2.45) is 17.3 Å². The first kappa shape index (κ1) is 38.2. The quantitative estimate of drug-likeness (QED) is 0.236. The third-order valence-corrected chi connectivity index (χ3v) is 15.0. The number of likely N-dealkylation sites (tertiary alicyclic amines) is 1. The van der Waals surface area contributed by atoms with Gasteiger partial charge < -0.3 is 29.3 Å². The Bertz CT molecular complexity index is 2410. The second kappa shape index (κ2) is 14.2. The minimum absolute atomic E-state index is 0.0329. The smallest absolute Gasteiger partial charge is 0.319 e. The van der Waals surface area contributed by atoms with Crippen LogP contribution in [0.1, 0.15) is 57.4 Å². The zero-order chi connectivity index (χ0) is 39.9. The molecular weight excluding hydrogens is 757 g/mol. The van der Waals surface area contributed by atoms with Crippen molar-refractivity contribution in [3.63, 3.8) is 0 Å². The molecule has 2 saturated carbocycles. The van der Waals surface area contributed by atoms with Crippen LogP contribution in [0.4, 0.5) is 14.6 Å². The summed E-state index contributed by atoms with van der Waals surface area (Å²) in [5.41, 5.74) is -1.97. The molecule has 302 valence electrons. The predicted octanol–water partition coefficient (Wildman–Crippen LogP) is 5.24. The van der Waals surface area contributed by atoms with Crippen molar-refractivity contribution >= 4 is 37.3 Å². The van der Waals surface area contributed by atoms with Crippen LogP contribution in [0.15, 0.2) is 24.3 Å². The van der Waals surface area contributed by atoms with Crippen LogP contribution in [0.25, 0.3) is 32.9 Å². The highest BCUT2D eigenvalue weighted by atomic mass is 32.2. The average molecular weight is 804 g/mol. The lowest BCUT2D eigenvalue weighted by molar-refractivity contribution is -0.0224. The fourth-order valence-corrected chi connectivity index (χ4v) is 13.1. The number of sulfone groups is 1. The second-order valence-corrected chi connectivity index (χ2v) is 19.2. The van der Waals surface area contributed by atoms with E-state index >= 15 is 8.78 Å². The van der Waals surface area contributed by atoms with Gasteiger partial charge in [-0.25, -0.2) is 22.2 Å². The molecule has 2 aromatic heterocycles. The summed E-state index contributed by atoms with van der Waals surface area (Å²) in [6.07, 6.45) is 12.5. The largest absolute Gasteiger partial charge is 0.508 e. The molecular formula is C42H47F2N5O7S. The number of halogens is 2. The van der Waals surface area contributed by atoms with Crippen LogP contribution in [0.5, 0.6) is 17.6 Å². The fourth-order valence-electron chi connectivity index (χ4n) is 10.8. The van der Waals surface area contributed by atoms with Crippen molar-refractivity contribution in [3.8, 4) is 41.2 Å². The van der Waals surface area contributed by atoms with Gasteiger partial charge in [0.2, 0.25) is 5.88 Å². The molecule has 12 nitrogen and oxygen atoms in total. The molecule has 0 amide bonds. The maximum Gasteiger partial charge on any atom is 0.319 e. The number of nitrogens with zero attached hydrogens (tertiary/aromatic N) is 5. The van der Waals surface area contributed by atoms with E-state index in [-0.39, 0.29) is 99.6 Å². The molecule has 5 fully saturated rings. The number of phenolic OH excluding ortho intramolecular Hbond substituents is 1. The molecule has 3 aliphatic heterocycles. The van der Waals surface area contributed by atoms with Gasteiger partial charge in [-0.1, -0.05) is 18.4 Å². The number of piperidine rings is 1. The standard InChI is InChI=1S/C42H47F2N5O7S/c1-4-29-31(43)9-8-24-17-28(50)18-30(33(24)29)36-35(44)37-34(39(45-36)54-3)38(48-13-14-55-22-41(2,51)21-48)47-40(46-37)56-23-42-10-5-7-32(42)49(12-6-11-42)27-15-25-19-57(52,53)20-26(25)16-27/h1,8-9,17-18,25-27,32,50-51H,5-7,10-16,19-23H2,2-3H3. The van der Waals surface area contributed by atoms with Crippen LogP contribution in [0.2, 0.25) is 0 Å². The summed E-state index contributed by atoms with van der Waals surface area (Å²) in [5, 5.41) is 22.7. The Balaban J connectivity index is 1.13. The number of pyridine rings is 1. The number of terminal acetylenes is 1. The van der Waals surface area contributed by atoms with Crippen LogP contribution in [-0.4, -0.2) is 114 Å². The molecule has 2 aliphatic carbocycles. The number of rotatable bonds is 7. The first-order chi connectivity index (χ1) is 27.3. The van der Waals surface area contributed by atoms with E-state index in [1.54, 1.807) is 11.8 Å². The predicted molar refractivity (Wildman–Crippen MR) is 210 cm³/mol. The number of methoxy groups -OCH3 is 1. The lowest BCUT2D eigenvalue weighted by Crippen LogP contribution is -2.55. The number of anilines is 1. The Morgan fingerprint density at radius 3 is 2.60 bits per heavy atom. The molecule has 5 heterocycles. The lowest BCUT2D eigenvalue weighted by atomic mass is 9.75. The van der Waals surface area contributed by atoms with Gasteiger partial charge in [-0.2, -0.15) is 9.97 Å². The summed E-state index contributed by atoms with van der Waals surface area (Å²) in [5.74, 6) is 1.85. The van der Waals surface area contributed by atoms with E-state index < -0.39 is 27.1 Å². The molecule has 0 spiro atoms. The number of hydrogen-bond donors (Lipinski definition) is 2. The number of aliphatic hydroxyl groups is 1. The van der Waals surface area contributed by atoms with E-state index in [2.05, 4.69) is 15.8 Å². The minimum Gasteiger partial charge on any atom is -0.508 e. The van der Waals surface area contributed by atoms with E-state index in [4.69, 9.17) is 30.6 Å². The van der Waals surface area contributed by atoms with Crippen molar-refractivity contribution in [2.75, 3.05) is 63.0 Å². The molecule has 3 saturated heterocycles. The molecule has 5 unspecified atom stereocenters. The Morgan fingerprint density at radius 2 is 1.84 bits per heavy atom. The Hall–Kier alpha value is -4.36. The van der Waals surface area contributed by atoms with Crippen molar-refractivity contribution in [1.29, 1.82) is 0 Å². The molecule has 57 heavy (non-hydrogen) atoms. The highest BCUT2D eigenvalue weighted by molar-refractivity contribution is 7.91. The molecule has 5 atom stereocenters. The Morgan fingerprint density at radius 1 is 1.07 bits per heavy atom. The van der Waals surface area contributed by atoms with E-state index in [0.717, 1.165) is 51.5 Å². The number of aromatic nitrogens is 3. The van der Waals surface area contributed by atoms with Crippen molar-refractivity contribution in [3.05, 3.63) is 41.5 Å². The van der Waals surface area contributed by atoms with Gasteiger partial charge in [0.15, 0.2) is 15.7 Å². The number of fused-ring (bicyclic) bond motifs is 4. The summed E-state index contributed by atoms with van der Waals surface area (Å²) < 4.78 is 75.3. The number of benzene rings is 2. The number of β-amino-alcohol motifs (C(OH)–C–C–N with tert-alkyl or cyclic N) is 1. The van der Waals surface area contributed by atoms with Crippen molar-refractivity contribution in [1.82, 2.24) is 19.9 Å². The maximum atomic E-state index is 17.4. The maximum absolute atomic E-state index is 17.4. The van der Waals surface area contributed by atoms with E-state index in [1.165, 1.54) is 31.4 Å². The lowest BCUT2D eigenvalue weighted by Gasteiger charge is -2.48. The second-order valence-electron chi connectivity index (χ2n) is 17.1. The zero-order valence-electron chi connectivity index (χ0n) is 32.1. The van der Waals surface area contributed by atoms with Gasteiger partial charge in [0.25, 0.3) is 0 Å². The average Bonchev–Trinajstić information content (AvgIpc) is 3.82. The molecule has 15 heteroatoms. The topological polar surface area (TPSA) is 147 Å². The van der Waals surface area contributed by atoms with Gasteiger partial charge in [0.1, 0.15) is 39.6 Å². The van der Waals surface area contributed by atoms with Crippen LogP contribution in [0.3, 0.4) is 0 Å². The number of aromatic hydroxyl groups is 1. The number of phenols is 1. The highest BCUT2D eigenvalue weighted by Gasteiger charge is 2.53. The van der Waals surface area contributed by atoms with Crippen LogP contribution >= 0.6 is 0 Å². The molecule has 0 radical (unpaired) electrons. The van der Waals surface area contributed by atoms with Gasteiger partial charge in [0.05, 0.1) is 50.5 Å². The van der Waals surface area contributed by atoms with Crippen LogP contribution in [0, 0.1) is 41.2 Å². The summed E-state index contributed by atoms with van der Waals surface area (Å²) in [7, 11) is -1.57. The summed E-state index contributed by atoms with van der Waals surface area (Å²) in [4.78, 5) is 18.6. The number of hydrogen-bond acceptors (Lipinski definition) is 12. The fraction of sp³-hybridized carbons (Fsp3) is 0.548. The molecule has 2 N–H and O–H groups in total. The first-order valence-electron chi connectivity index (χ1n) is 19.8. The van der Waals surface area contributed by atoms with Gasteiger partial charge in [-0.05, 0) is 87.4 Å². The summed E-state index contributed by atoms with van der Waals surface area (Å²) in [6.45, 7) is 3.67.